The third-order valence-corrected chi connectivity index (χ3v) is 5.80. The highest BCUT2D eigenvalue weighted by atomic mass is 16.5. The number of hydrogen-bond acceptors (Lipinski definition) is 8. The molecule has 1 aliphatic heterocycles. The number of likely N-dealkylation sites (tertiary alicyclic amines) is 1. The predicted molar refractivity (Wildman–Crippen MR) is 114 cm³/mol. The minimum Gasteiger partial charge on any atom is -0.471 e. The van der Waals surface area contributed by atoms with Crippen LogP contribution in [0.15, 0.2) is 18.7 Å². The molecule has 5 rings (SSSR count). The van der Waals surface area contributed by atoms with E-state index < -0.39 is 0 Å². The van der Waals surface area contributed by atoms with Gasteiger partial charge in [0.25, 0.3) is 5.91 Å². The molecule has 1 atom stereocenters. The number of hydrogen-bond donors (Lipinski definition) is 0. The molecule has 0 spiro atoms. The molecule has 1 aliphatic rings. The first-order valence-electron chi connectivity index (χ1n) is 10.5. The molecule has 0 N–H and O–H groups in total. The molecule has 0 saturated carbocycles. The molecule has 0 aliphatic carbocycles. The van der Waals surface area contributed by atoms with Gasteiger partial charge >= 0.3 is 0 Å². The maximum atomic E-state index is 12.6. The molecule has 12 nitrogen and oxygen atoms in total. The van der Waals surface area contributed by atoms with Gasteiger partial charge in [0.1, 0.15) is 18.3 Å². The number of rotatable bonds is 5. The first kappa shape index (κ1) is 20.1. The number of nitrogens with zero attached hydrogens (tertiary/aromatic N) is 10. The summed E-state index contributed by atoms with van der Waals surface area (Å²) in [5.41, 5.74) is 3.58. The summed E-state index contributed by atoms with van der Waals surface area (Å²) >= 11 is 0. The monoisotopic (exact) mass is 436 g/mol. The van der Waals surface area contributed by atoms with Crippen molar-refractivity contribution in [1.82, 2.24) is 49.2 Å². The zero-order valence-electron chi connectivity index (χ0n) is 18.4. The number of amides is 1. The van der Waals surface area contributed by atoms with E-state index in [1.54, 1.807) is 18.1 Å². The van der Waals surface area contributed by atoms with Crippen molar-refractivity contribution in [3.05, 3.63) is 30.1 Å². The van der Waals surface area contributed by atoms with Crippen LogP contribution in [0.25, 0.3) is 22.6 Å². The molecule has 166 valence electrons. The average Bonchev–Trinajstić information content (AvgIpc) is 3.56. The molecule has 1 saturated heterocycles. The summed E-state index contributed by atoms with van der Waals surface area (Å²) in [6.45, 7) is 5.89. The Morgan fingerprint density at radius 1 is 1.28 bits per heavy atom. The van der Waals surface area contributed by atoms with Gasteiger partial charge in [-0.15, -0.1) is 5.10 Å². The lowest BCUT2D eigenvalue weighted by molar-refractivity contribution is 0.0765. The standard InChI is InChI=1S/C20H24N10O2/c1-5-30-12(2)14(8-23-30)17-24-16-18(28(17)4)21-11-22-19(16)32-13-6-7-29(9-13)20(31)15-10-27(3)26-25-15/h8,10-11,13H,5-7,9H2,1-4H3. The zero-order chi connectivity index (χ0) is 22.4. The Bertz CT molecular complexity index is 1300. The van der Waals surface area contributed by atoms with Crippen molar-refractivity contribution in [2.75, 3.05) is 13.1 Å². The van der Waals surface area contributed by atoms with Crippen LogP contribution in [-0.4, -0.2) is 74.3 Å². The van der Waals surface area contributed by atoms with Crippen LogP contribution in [0.1, 0.15) is 29.5 Å². The maximum absolute atomic E-state index is 12.6. The summed E-state index contributed by atoms with van der Waals surface area (Å²) in [7, 11) is 3.65. The van der Waals surface area contributed by atoms with Crippen molar-refractivity contribution < 1.29 is 9.53 Å². The third-order valence-electron chi connectivity index (χ3n) is 5.80. The van der Waals surface area contributed by atoms with E-state index in [0.717, 1.165) is 23.6 Å². The molecular weight excluding hydrogens is 412 g/mol. The van der Waals surface area contributed by atoms with Crippen molar-refractivity contribution in [3.8, 4) is 17.3 Å². The second kappa shape index (κ2) is 7.70. The van der Waals surface area contributed by atoms with Crippen LogP contribution in [0.3, 0.4) is 0 Å². The Hall–Kier alpha value is -3.83. The van der Waals surface area contributed by atoms with E-state index in [1.165, 1.54) is 11.0 Å². The van der Waals surface area contributed by atoms with Crippen molar-refractivity contribution >= 4 is 17.1 Å². The summed E-state index contributed by atoms with van der Waals surface area (Å²) in [4.78, 5) is 27.9. The molecule has 4 aromatic rings. The van der Waals surface area contributed by atoms with Crippen molar-refractivity contribution in [2.45, 2.75) is 32.9 Å². The molecule has 32 heavy (non-hydrogen) atoms. The Morgan fingerprint density at radius 2 is 2.12 bits per heavy atom. The highest BCUT2D eigenvalue weighted by Gasteiger charge is 2.31. The fourth-order valence-electron chi connectivity index (χ4n) is 4.06. The quantitative estimate of drug-likeness (QED) is 0.454. The molecule has 1 amide bonds. The van der Waals surface area contributed by atoms with Gasteiger partial charge < -0.3 is 14.2 Å². The topological polar surface area (TPSA) is 122 Å². The Kier molecular flexibility index (Phi) is 4.83. The van der Waals surface area contributed by atoms with Gasteiger partial charge in [0.15, 0.2) is 16.9 Å². The molecule has 5 heterocycles. The number of aromatic nitrogens is 9. The maximum Gasteiger partial charge on any atom is 0.276 e. The van der Waals surface area contributed by atoms with Gasteiger partial charge in [0.05, 0.1) is 24.5 Å². The minimum atomic E-state index is -0.191. The zero-order valence-corrected chi connectivity index (χ0v) is 18.4. The average molecular weight is 436 g/mol. The summed E-state index contributed by atoms with van der Waals surface area (Å²) in [5, 5.41) is 12.2. The van der Waals surface area contributed by atoms with E-state index in [2.05, 4.69) is 32.3 Å². The first-order chi connectivity index (χ1) is 15.5. The Labute approximate surface area is 183 Å². The molecule has 0 aromatic carbocycles. The van der Waals surface area contributed by atoms with Gasteiger partial charge in [-0.05, 0) is 13.8 Å². The van der Waals surface area contributed by atoms with E-state index in [9.17, 15) is 4.79 Å². The summed E-state index contributed by atoms with van der Waals surface area (Å²) in [6.07, 6.45) is 5.41. The van der Waals surface area contributed by atoms with Gasteiger partial charge in [0, 0.05) is 39.3 Å². The number of carbonyl (C=O) groups excluding carboxylic acids is 1. The number of carbonyl (C=O) groups is 1. The lowest BCUT2D eigenvalue weighted by Gasteiger charge is -2.15. The molecule has 0 bridgehead atoms. The van der Waals surface area contributed by atoms with E-state index in [1.807, 2.05) is 29.4 Å². The van der Waals surface area contributed by atoms with Crippen LogP contribution < -0.4 is 4.74 Å². The van der Waals surface area contributed by atoms with Crippen molar-refractivity contribution in [3.63, 3.8) is 0 Å². The highest BCUT2D eigenvalue weighted by molar-refractivity contribution is 5.92. The normalized spacial score (nSPS) is 16.2. The molecule has 12 heteroatoms. The van der Waals surface area contributed by atoms with Crippen LogP contribution in [-0.2, 0) is 20.6 Å². The highest BCUT2D eigenvalue weighted by Crippen LogP contribution is 2.30. The molecular formula is C20H24N10O2. The second-order valence-corrected chi connectivity index (χ2v) is 7.86. The fourth-order valence-corrected chi connectivity index (χ4v) is 4.06. The van der Waals surface area contributed by atoms with Crippen LogP contribution in [0.2, 0.25) is 0 Å². The second-order valence-electron chi connectivity index (χ2n) is 7.86. The largest absolute Gasteiger partial charge is 0.471 e. The number of ether oxygens (including phenoxy) is 1. The molecule has 1 unspecified atom stereocenters. The van der Waals surface area contributed by atoms with Gasteiger partial charge in [-0.1, -0.05) is 5.21 Å². The van der Waals surface area contributed by atoms with Gasteiger partial charge in [-0.3, -0.25) is 14.2 Å². The summed E-state index contributed by atoms with van der Waals surface area (Å²) in [5.74, 6) is 1.02. The van der Waals surface area contributed by atoms with Gasteiger partial charge in [-0.2, -0.15) is 10.1 Å². The van der Waals surface area contributed by atoms with Crippen molar-refractivity contribution in [2.24, 2.45) is 14.1 Å². The minimum absolute atomic E-state index is 0.152. The fraction of sp³-hybridized carbons (Fsp3) is 0.450. The number of aryl methyl sites for hydroxylation is 3. The predicted octanol–water partition coefficient (Wildman–Crippen LogP) is 0.977. The van der Waals surface area contributed by atoms with E-state index in [0.29, 0.717) is 42.2 Å². The number of fused-ring (bicyclic) bond motifs is 1. The number of imidazole rings is 1. The van der Waals surface area contributed by atoms with Gasteiger partial charge in [0.2, 0.25) is 5.88 Å². The smallest absolute Gasteiger partial charge is 0.276 e. The van der Waals surface area contributed by atoms with E-state index >= 15 is 0 Å². The third kappa shape index (κ3) is 3.27. The van der Waals surface area contributed by atoms with Crippen LogP contribution in [0.4, 0.5) is 0 Å². The first-order valence-corrected chi connectivity index (χ1v) is 10.5. The SMILES string of the molecule is CCn1ncc(-c2nc3c(OC4CCN(C(=O)c5cn(C)nn5)C4)ncnc3n2C)c1C. The van der Waals surface area contributed by atoms with E-state index in [4.69, 9.17) is 9.72 Å². The molecule has 4 aromatic heterocycles. The lowest BCUT2D eigenvalue weighted by atomic mass is 10.2. The summed E-state index contributed by atoms with van der Waals surface area (Å²) in [6, 6.07) is 0. The van der Waals surface area contributed by atoms with Crippen LogP contribution in [0.5, 0.6) is 5.88 Å². The lowest BCUT2D eigenvalue weighted by Crippen LogP contribution is -2.31. The molecule has 0 radical (unpaired) electrons. The molecule has 1 fully saturated rings. The summed E-state index contributed by atoms with van der Waals surface area (Å²) < 4.78 is 11.6. The van der Waals surface area contributed by atoms with Crippen LogP contribution >= 0.6 is 0 Å². The Balaban J connectivity index is 1.39. The van der Waals surface area contributed by atoms with E-state index in [-0.39, 0.29) is 12.0 Å². The van der Waals surface area contributed by atoms with Gasteiger partial charge in [-0.25, -0.2) is 9.97 Å². The van der Waals surface area contributed by atoms with Crippen LogP contribution in [0, 0.1) is 6.92 Å². The van der Waals surface area contributed by atoms with Crippen molar-refractivity contribution in [1.29, 1.82) is 0 Å². The Morgan fingerprint density at radius 3 is 2.84 bits per heavy atom.